The maximum atomic E-state index is 13.2. The zero-order valence-electron chi connectivity index (χ0n) is 67.8. The first-order valence-corrected chi connectivity index (χ1v) is 42.9. The van der Waals surface area contributed by atoms with Crippen LogP contribution in [0.25, 0.3) is 27.8 Å². The van der Waals surface area contributed by atoms with Gasteiger partial charge in [-0.3, -0.25) is 43.0 Å². The van der Waals surface area contributed by atoms with Gasteiger partial charge in [0.15, 0.2) is 23.3 Å². The van der Waals surface area contributed by atoms with Crippen molar-refractivity contribution in [2.75, 3.05) is 47.4 Å². The number of anilines is 8. The summed E-state index contributed by atoms with van der Waals surface area (Å²) in [6, 6.07) is 40.5. The maximum absolute atomic E-state index is 13.2. The van der Waals surface area contributed by atoms with Gasteiger partial charge in [0.1, 0.15) is 5.82 Å². The average Bonchev–Trinajstić information content (AvgIpc) is 1.64. The molecule has 0 bridgehead atoms. The van der Waals surface area contributed by atoms with Crippen molar-refractivity contribution in [3.8, 4) is 22.3 Å². The Morgan fingerprint density at radius 3 is 1.02 bits per heavy atom. The minimum atomic E-state index is -0.233. The highest BCUT2D eigenvalue weighted by molar-refractivity contribution is 5.78. The number of rotatable bonds is 20. The monoisotopic (exact) mass is 1560 g/mol. The molecule has 0 saturated heterocycles. The Hall–Kier alpha value is -11.1. The molecule has 5 fully saturated rings. The average molecular weight is 1560 g/mol. The van der Waals surface area contributed by atoms with E-state index in [1.807, 2.05) is 56.3 Å². The van der Waals surface area contributed by atoms with E-state index in [2.05, 4.69) is 129 Å². The van der Waals surface area contributed by atoms with Gasteiger partial charge in [-0.1, -0.05) is 86.0 Å². The number of carbonyl (C=O) groups is 4. The van der Waals surface area contributed by atoms with E-state index in [1.54, 1.807) is 39.8 Å². The third-order valence-electron chi connectivity index (χ3n) is 25.2. The first-order chi connectivity index (χ1) is 56.6. The molecule has 5 aromatic heterocycles. The minimum absolute atomic E-state index is 0.102. The van der Waals surface area contributed by atoms with Crippen LogP contribution in [0, 0.1) is 29.5 Å². The fraction of sp³-hybridized carbons (Fsp3) is 0.452. The summed E-state index contributed by atoms with van der Waals surface area (Å²) in [6.07, 6.45) is 31.8. The molecule has 10 aromatic rings. The van der Waals surface area contributed by atoms with Gasteiger partial charge in [0, 0.05) is 185 Å². The molecular weight excluding hydrogens is 1450 g/mol. The molecule has 22 nitrogen and oxygen atoms in total. The predicted molar refractivity (Wildman–Crippen MR) is 453 cm³/mol. The number of hydrogen-bond acceptors (Lipinski definition) is 13. The van der Waals surface area contributed by atoms with Crippen LogP contribution < -0.4 is 21.3 Å². The van der Waals surface area contributed by atoms with Gasteiger partial charge in [0.2, 0.25) is 23.6 Å². The highest BCUT2D eigenvalue weighted by Crippen LogP contribution is 2.42. The summed E-state index contributed by atoms with van der Waals surface area (Å²) < 4.78 is 21.9. The van der Waals surface area contributed by atoms with E-state index in [4.69, 9.17) is 20.4 Å². The summed E-state index contributed by atoms with van der Waals surface area (Å²) in [5.74, 6) is 7.62. The third-order valence-corrected chi connectivity index (χ3v) is 25.2. The molecule has 0 atom stereocenters. The van der Waals surface area contributed by atoms with Gasteiger partial charge in [0.05, 0.1) is 32.4 Å². The summed E-state index contributed by atoms with van der Waals surface area (Å²) in [5.41, 5.74) is 22.4. The largest absolute Gasteiger partial charge is 0.338 e. The molecular formula is C93H111FN18O4. The molecule has 5 aromatic carbocycles. The molecule has 4 aliphatic heterocycles. The van der Waals surface area contributed by atoms with Crippen molar-refractivity contribution in [1.82, 2.24) is 68.9 Å². The number of amides is 4. The van der Waals surface area contributed by atoms with Crippen molar-refractivity contribution in [2.24, 2.45) is 23.7 Å². The second-order valence-corrected chi connectivity index (χ2v) is 34.0. The quantitative estimate of drug-likeness (QED) is 0.0479. The number of fused-ring (bicyclic) bond motifs is 4. The molecule has 23 heteroatoms. The number of H-pyrrole nitrogens is 1. The third kappa shape index (κ3) is 18.9. The van der Waals surface area contributed by atoms with Crippen molar-refractivity contribution in [1.29, 1.82) is 0 Å². The number of halogens is 1. The first kappa shape index (κ1) is 77.5. The Bertz CT molecular complexity index is 5150. The van der Waals surface area contributed by atoms with Crippen LogP contribution in [0.5, 0.6) is 0 Å². The van der Waals surface area contributed by atoms with Gasteiger partial charge in [-0.15, -0.1) is 0 Å². The Morgan fingerprint density at radius 1 is 0.379 bits per heavy atom. The van der Waals surface area contributed by atoms with Crippen LogP contribution in [0.4, 0.5) is 50.4 Å². The first-order valence-electron chi connectivity index (χ1n) is 42.9. The normalized spacial score (nSPS) is 17.6. The topological polar surface area (TPSA) is 229 Å². The molecule has 5 saturated carbocycles. The van der Waals surface area contributed by atoms with Crippen molar-refractivity contribution < 1.29 is 23.6 Å². The molecule has 4 amide bonds. The molecule has 10 aliphatic rings. The van der Waals surface area contributed by atoms with Crippen LogP contribution in [0.2, 0.25) is 0 Å². The summed E-state index contributed by atoms with van der Waals surface area (Å²) in [4.78, 5) is 55.3. The summed E-state index contributed by atoms with van der Waals surface area (Å²) in [7, 11) is 0. The Kier molecular flexibility index (Phi) is 23.2. The van der Waals surface area contributed by atoms with E-state index in [1.165, 1.54) is 172 Å². The lowest BCUT2D eigenvalue weighted by Gasteiger charge is -2.27. The van der Waals surface area contributed by atoms with Gasteiger partial charge in [-0.2, -0.15) is 25.5 Å². The lowest BCUT2D eigenvalue weighted by atomic mass is 9.84. The van der Waals surface area contributed by atoms with E-state index in [-0.39, 0.29) is 29.4 Å². The minimum Gasteiger partial charge on any atom is -0.338 e. The van der Waals surface area contributed by atoms with Gasteiger partial charge in [-0.25, -0.2) is 4.39 Å². The Labute approximate surface area is 680 Å². The van der Waals surface area contributed by atoms with Crippen LogP contribution >= 0.6 is 0 Å². The highest BCUT2D eigenvalue weighted by atomic mass is 19.1. The zero-order chi connectivity index (χ0) is 79.3. The number of benzene rings is 5. The fourth-order valence-electron chi connectivity index (χ4n) is 17.5. The fourth-order valence-corrected chi connectivity index (χ4v) is 17.5. The smallest absolute Gasteiger partial charge is 0.219 e. The number of allylic oxidation sites excluding steroid dienone is 2. The molecule has 0 unspecified atom stereocenters. The standard InChI is InChI=1S/C24H25FN4O.C24H32N4O.C24H30N4O.C21H24N6O/c1-16(30)28-13-12-23-22(15-28)24(27-29(23)14-17-2-3-17)26-21-10-6-19(7-11-21)18-4-8-20(25)9-5-18;2*1-17(29)27-14-13-23-22(16-27)24(26-28(23)15-18-7-8-18)25-21-11-9-20(10-12-21)19-5-3-2-4-6-19;1-14(28)26-9-8-20-19(13-26)21(25-27(20)12-15-2-3-15)24-18-6-4-16(5-7-18)17-10-22-23-11-17/h4-11,17H,2-3,12-15H2,1H3,(H,26,27);9-12,18-19H,2-8,13-16H2,1H3,(H,25,26);5,9-12,18H,2-4,6-8,13-16H2,1H3,(H,25,26);4-7,10-11,15H,2-3,8-9,12-13H2,1H3,(H,22,23)(H,24,25). The summed E-state index contributed by atoms with van der Waals surface area (Å²) in [5, 5.41) is 40.5. The molecule has 20 rings (SSSR count). The van der Waals surface area contributed by atoms with Crippen LogP contribution in [-0.2, 0) is 97.2 Å². The summed E-state index contributed by atoms with van der Waals surface area (Å²) >= 11 is 0. The van der Waals surface area contributed by atoms with Crippen LogP contribution in [0.3, 0.4) is 0 Å². The van der Waals surface area contributed by atoms with Crippen molar-refractivity contribution in [2.45, 2.75) is 221 Å². The van der Waals surface area contributed by atoms with E-state index in [0.29, 0.717) is 26.2 Å². The molecule has 6 aliphatic carbocycles. The molecule has 5 N–H and O–H groups in total. The zero-order valence-corrected chi connectivity index (χ0v) is 67.8. The Morgan fingerprint density at radius 2 is 0.707 bits per heavy atom. The predicted octanol–water partition coefficient (Wildman–Crippen LogP) is 18.0. The molecule has 0 spiro atoms. The molecule has 0 radical (unpaired) electrons. The van der Waals surface area contributed by atoms with Crippen molar-refractivity contribution in [3.63, 3.8) is 0 Å². The van der Waals surface area contributed by atoms with Gasteiger partial charge < -0.3 is 40.9 Å². The van der Waals surface area contributed by atoms with E-state index < -0.39 is 0 Å². The number of nitrogens with one attached hydrogen (secondary N) is 5. The lowest BCUT2D eigenvalue weighted by Crippen LogP contribution is -2.34. The number of hydrogen-bond donors (Lipinski definition) is 5. The Balaban J connectivity index is 0.000000111. The highest BCUT2D eigenvalue weighted by Gasteiger charge is 2.35. The van der Waals surface area contributed by atoms with Crippen LogP contribution in [0.1, 0.15) is 199 Å². The van der Waals surface area contributed by atoms with Crippen LogP contribution in [0.15, 0.2) is 140 Å². The van der Waals surface area contributed by atoms with E-state index >= 15 is 0 Å². The number of aromatic amines is 1. The van der Waals surface area contributed by atoms with E-state index in [9.17, 15) is 23.6 Å². The lowest BCUT2D eigenvalue weighted by molar-refractivity contribution is -0.130. The number of carbonyl (C=O) groups excluding carboxylic acids is 4. The second-order valence-electron chi connectivity index (χ2n) is 34.0. The second kappa shape index (κ2) is 34.8. The molecule has 116 heavy (non-hydrogen) atoms. The van der Waals surface area contributed by atoms with Gasteiger partial charge in [0.25, 0.3) is 0 Å². The number of nitrogens with zero attached hydrogens (tertiary/aromatic N) is 13. The van der Waals surface area contributed by atoms with Gasteiger partial charge >= 0.3 is 0 Å². The van der Waals surface area contributed by atoms with Crippen LogP contribution in [-0.4, -0.2) is 119 Å². The molecule has 9 heterocycles. The van der Waals surface area contributed by atoms with Crippen molar-refractivity contribution in [3.05, 3.63) is 202 Å². The SMILES string of the molecule is CC(=O)N1CCc2c(c(Nc3ccc(-c4ccc(F)cc4)cc3)nn2CC2CC2)C1.CC(=O)N1CCc2c(c(Nc3ccc(-c4cn[nH]c4)cc3)nn2CC2CC2)C1.CC(=O)N1CCc2c(c(Nc3ccc(C4=CCCCC4)cc3)nn2CC2CC2)C1.CC(=O)N1CCc2c(c(Nc3ccc(C4CCCCC4)cc3)nn2CC2CC2)C1. The van der Waals surface area contributed by atoms with Gasteiger partial charge in [-0.05, 0) is 214 Å². The maximum Gasteiger partial charge on any atom is 0.219 e. The van der Waals surface area contributed by atoms with E-state index in [0.717, 1.165) is 187 Å². The molecule has 604 valence electrons. The summed E-state index contributed by atoms with van der Waals surface area (Å²) in [6.45, 7) is 16.2. The van der Waals surface area contributed by atoms with Crippen molar-refractivity contribution >= 4 is 75.2 Å². The number of aromatic nitrogens is 10.